The van der Waals surface area contributed by atoms with Crippen LogP contribution in [0, 0.1) is 5.92 Å². The second-order valence-electron chi connectivity index (χ2n) is 6.55. The molecule has 1 saturated carbocycles. The van der Waals surface area contributed by atoms with Crippen LogP contribution in [0.1, 0.15) is 52.1 Å². The molecule has 0 saturated heterocycles. The molecule has 0 spiro atoms. The first-order valence-electron chi connectivity index (χ1n) is 7.34. The Kier molecular flexibility index (Phi) is 4.35. The van der Waals surface area contributed by atoms with Crippen molar-refractivity contribution in [1.29, 1.82) is 0 Å². The third kappa shape index (κ3) is 3.74. The largest absolute Gasteiger partial charge is 0.468 e. The zero-order valence-electron chi connectivity index (χ0n) is 12.9. The molecule has 0 unspecified atom stereocenters. The number of nitrogens with one attached hydrogen (secondary N) is 1. The van der Waals surface area contributed by atoms with Gasteiger partial charge in [-0.05, 0) is 18.8 Å². The average Bonchev–Trinajstić information content (AvgIpc) is 3.08. The minimum atomic E-state index is -0.166. The van der Waals surface area contributed by atoms with Crippen LogP contribution in [0.2, 0.25) is 0 Å². The van der Waals surface area contributed by atoms with Crippen LogP contribution in [0.25, 0.3) is 0 Å². The van der Waals surface area contributed by atoms with Crippen LogP contribution in [-0.2, 0) is 5.41 Å². The summed E-state index contributed by atoms with van der Waals surface area (Å²) in [5.74, 6) is 0.905. The summed E-state index contributed by atoms with van der Waals surface area (Å²) in [6, 6.07) is 0.176. The third-order valence-electron chi connectivity index (χ3n) is 3.61. The van der Waals surface area contributed by atoms with E-state index in [-0.39, 0.29) is 11.4 Å². The molecule has 1 aliphatic carbocycles. The number of nitrogens with zero attached hydrogens (tertiary/aromatic N) is 2. The van der Waals surface area contributed by atoms with E-state index in [1.165, 1.54) is 30.9 Å². The number of carbonyl (C=O) groups is 1. The first kappa shape index (κ1) is 14.9. The van der Waals surface area contributed by atoms with Crippen LogP contribution in [0.3, 0.4) is 0 Å². The molecular weight excluding hydrogens is 254 g/mol. The number of ether oxygens (including phenoxy) is 1. The number of rotatable bonds is 5. The topological polar surface area (TPSA) is 56.2 Å². The molecule has 5 heteroatoms. The molecule has 1 fully saturated rings. The first-order valence-corrected chi connectivity index (χ1v) is 7.34. The molecule has 1 aliphatic rings. The molecule has 0 atom stereocenters. The lowest BCUT2D eigenvalue weighted by molar-refractivity contribution is 0.237. The fourth-order valence-electron chi connectivity index (χ4n) is 2.09. The van der Waals surface area contributed by atoms with E-state index in [2.05, 4.69) is 31.1 Å². The number of imidazole rings is 1. The van der Waals surface area contributed by atoms with Gasteiger partial charge in [-0.15, -0.1) is 0 Å². The molecule has 20 heavy (non-hydrogen) atoms. The van der Waals surface area contributed by atoms with E-state index in [1.54, 1.807) is 6.20 Å². The maximum atomic E-state index is 12.2. The van der Waals surface area contributed by atoms with Gasteiger partial charge in [0.15, 0.2) is 0 Å². The highest BCUT2D eigenvalue weighted by atomic mass is 16.5. The van der Waals surface area contributed by atoms with Crippen molar-refractivity contribution in [3.8, 4) is 6.01 Å². The molecule has 5 nitrogen and oxygen atoms in total. The smallest absolute Gasteiger partial charge is 0.329 e. The number of hydrogen-bond acceptors (Lipinski definition) is 3. The fourth-order valence-corrected chi connectivity index (χ4v) is 2.09. The van der Waals surface area contributed by atoms with Crippen LogP contribution >= 0.6 is 0 Å². The van der Waals surface area contributed by atoms with Gasteiger partial charge in [-0.2, -0.15) is 4.98 Å². The Morgan fingerprint density at radius 2 is 2.20 bits per heavy atom. The van der Waals surface area contributed by atoms with Crippen LogP contribution in [-0.4, -0.2) is 29.2 Å². The van der Waals surface area contributed by atoms with Gasteiger partial charge in [-0.25, -0.2) is 9.36 Å². The van der Waals surface area contributed by atoms with Crippen LogP contribution in [0.15, 0.2) is 6.20 Å². The molecule has 1 N–H and O–H groups in total. The van der Waals surface area contributed by atoms with Crippen LogP contribution < -0.4 is 10.1 Å². The Hall–Kier alpha value is -1.52. The van der Waals surface area contributed by atoms with Crippen molar-refractivity contribution in [2.75, 3.05) is 13.7 Å². The normalized spacial score (nSPS) is 15.2. The summed E-state index contributed by atoms with van der Waals surface area (Å²) in [6.45, 7) is 6.90. The summed E-state index contributed by atoms with van der Waals surface area (Å²) >= 11 is 0. The molecular formula is C15H25N3O2. The van der Waals surface area contributed by atoms with Gasteiger partial charge in [0.25, 0.3) is 0 Å². The SMILES string of the molecule is COc1nc(C(C)(C)C)cn1C(=O)NCCCC1CC1. The van der Waals surface area contributed by atoms with E-state index in [1.807, 2.05) is 0 Å². The predicted molar refractivity (Wildman–Crippen MR) is 78.2 cm³/mol. The van der Waals surface area contributed by atoms with E-state index < -0.39 is 0 Å². The number of hydrogen-bond donors (Lipinski definition) is 1. The number of amides is 1. The molecule has 0 bridgehead atoms. The molecule has 2 rings (SSSR count). The average molecular weight is 279 g/mol. The zero-order chi connectivity index (χ0) is 14.8. The third-order valence-corrected chi connectivity index (χ3v) is 3.61. The van der Waals surface area contributed by atoms with E-state index in [0.717, 1.165) is 18.0 Å². The van der Waals surface area contributed by atoms with Crippen molar-refractivity contribution < 1.29 is 9.53 Å². The Balaban J connectivity index is 1.94. The Bertz CT molecular complexity index is 470. The molecule has 1 aromatic rings. The first-order chi connectivity index (χ1) is 9.41. The second-order valence-corrected chi connectivity index (χ2v) is 6.55. The van der Waals surface area contributed by atoms with Crippen LogP contribution in [0.4, 0.5) is 4.79 Å². The summed E-state index contributed by atoms with van der Waals surface area (Å²) in [4.78, 5) is 16.5. The van der Waals surface area contributed by atoms with E-state index in [4.69, 9.17) is 4.74 Å². The zero-order valence-corrected chi connectivity index (χ0v) is 12.9. The van der Waals surface area contributed by atoms with Crippen molar-refractivity contribution in [2.24, 2.45) is 5.92 Å². The molecule has 0 aliphatic heterocycles. The van der Waals surface area contributed by atoms with Gasteiger partial charge in [0.1, 0.15) is 0 Å². The van der Waals surface area contributed by atoms with Crippen molar-refractivity contribution >= 4 is 6.03 Å². The minimum Gasteiger partial charge on any atom is -0.468 e. The molecule has 0 aromatic carbocycles. The Labute approximate surface area is 120 Å². The summed E-state index contributed by atoms with van der Waals surface area (Å²) in [6.07, 6.45) is 6.74. The molecule has 0 radical (unpaired) electrons. The highest BCUT2D eigenvalue weighted by Gasteiger charge is 2.23. The number of methoxy groups -OCH3 is 1. The summed E-state index contributed by atoms with van der Waals surface area (Å²) < 4.78 is 6.64. The Morgan fingerprint density at radius 3 is 2.75 bits per heavy atom. The maximum absolute atomic E-state index is 12.2. The lowest BCUT2D eigenvalue weighted by Gasteiger charge is -2.13. The van der Waals surface area contributed by atoms with Gasteiger partial charge in [-0.1, -0.05) is 33.6 Å². The highest BCUT2D eigenvalue weighted by Crippen LogP contribution is 2.33. The van der Waals surface area contributed by atoms with Gasteiger partial charge in [-0.3, -0.25) is 0 Å². The van der Waals surface area contributed by atoms with Gasteiger partial charge in [0.2, 0.25) is 0 Å². The van der Waals surface area contributed by atoms with Gasteiger partial charge < -0.3 is 10.1 Å². The van der Waals surface area contributed by atoms with Gasteiger partial charge >= 0.3 is 12.0 Å². The summed E-state index contributed by atoms with van der Waals surface area (Å²) in [5.41, 5.74) is 0.743. The molecule has 1 aromatic heterocycles. The van der Waals surface area contributed by atoms with Crippen molar-refractivity contribution in [3.05, 3.63) is 11.9 Å². The molecule has 112 valence electrons. The number of carbonyl (C=O) groups excluding carboxylic acids is 1. The number of aromatic nitrogens is 2. The molecule has 1 heterocycles. The summed E-state index contributed by atoms with van der Waals surface area (Å²) in [7, 11) is 1.53. The monoisotopic (exact) mass is 279 g/mol. The van der Waals surface area contributed by atoms with E-state index in [0.29, 0.717) is 12.6 Å². The fraction of sp³-hybridized carbons (Fsp3) is 0.733. The van der Waals surface area contributed by atoms with Crippen molar-refractivity contribution in [1.82, 2.24) is 14.9 Å². The van der Waals surface area contributed by atoms with Gasteiger partial charge in [0, 0.05) is 18.2 Å². The predicted octanol–water partition coefficient (Wildman–Crippen LogP) is 2.94. The van der Waals surface area contributed by atoms with Crippen molar-refractivity contribution in [2.45, 2.75) is 51.9 Å². The van der Waals surface area contributed by atoms with E-state index in [9.17, 15) is 4.79 Å². The highest BCUT2D eigenvalue weighted by molar-refractivity contribution is 5.78. The maximum Gasteiger partial charge on any atom is 0.329 e. The van der Waals surface area contributed by atoms with Crippen molar-refractivity contribution in [3.63, 3.8) is 0 Å². The van der Waals surface area contributed by atoms with Gasteiger partial charge in [0.05, 0.1) is 12.8 Å². The lowest BCUT2D eigenvalue weighted by Crippen LogP contribution is -2.29. The standard InChI is InChI=1S/C15H25N3O2/c1-15(2,3)12-10-18(14(17-12)20-4)13(19)16-9-5-6-11-7-8-11/h10-11H,5-9H2,1-4H3,(H,16,19). The second kappa shape index (κ2) is 5.85. The van der Waals surface area contributed by atoms with E-state index >= 15 is 0 Å². The minimum absolute atomic E-state index is 0.106. The summed E-state index contributed by atoms with van der Waals surface area (Å²) in [5, 5.41) is 2.93. The molecule has 1 amide bonds. The Morgan fingerprint density at radius 1 is 1.50 bits per heavy atom. The lowest BCUT2D eigenvalue weighted by atomic mass is 9.93. The van der Waals surface area contributed by atoms with Crippen LogP contribution in [0.5, 0.6) is 6.01 Å². The quantitative estimate of drug-likeness (QED) is 0.843.